The van der Waals surface area contributed by atoms with Crippen molar-refractivity contribution in [3.05, 3.63) is 53.6 Å². The van der Waals surface area contributed by atoms with E-state index in [1.807, 2.05) is 55.5 Å². The van der Waals surface area contributed by atoms with E-state index in [9.17, 15) is 9.59 Å². The predicted octanol–water partition coefficient (Wildman–Crippen LogP) is 1.42. The number of carbonyl (C=O) groups excluding carboxylic acids is 2. The lowest BCUT2D eigenvalue weighted by Crippen LogP contribution is -3.19. The first-order valence-corrected chi connectivity index (χ1v) is 9.96. The normalized spacial score (nSPS) is 18.4. The molecule has 6 nitrogen and oxygen atoms in total. The number of piperazine rings is 1. The first kappa shape index (κ1) is 18.8. The minimum Gasteiger partial charge on any atom is -0.359 e. The Labute approximate surface area is 169 Å². The molecule has 2 heterocycles. The van der Waals surface area contributed by atoms with E-state index in [4.69, 9.17) is 11.6 Å². The van der Waals surface area contributed by atoms with Gasteiger partial charge in [0.1, 0.15) is 6.54 Å². The van der Waals surface area contributed by atoms with Crippen LogP contribution in [0, 0.1) is 0 Å². The molecule has 0 spiro atoms. The quantitative estimate of drug-likeness (QED) is 0.820. The van der Waals surface area contributed by atoms with Crippen molar-refractivity contribution >= 4 is 40.5 Å². The number of quaternary nitrogens is 1. The second-order valence-corrected chi connectivity index (χ2v) is 7.72. The van der Waals surface area contributed by atoms with Crippen LogP contribution in [-0.4, -0.2) is 50.6 Å². The molecule has 146 valence electrons. The Morgan fingerprint density at radius 2 is 1.71 bits per heavy atom. The molecule has 2 amide bonds. The van der Waals surface area contributed by atoms with Gasteiger partial charge in [0.05, 0.1) is 48.3 Å². The van der Waals surface area contributed by atoms with Crippen molar-refractivity contribution in [1.29, 1.82) is 0 Å². The summed E-state index contributed by atoms with van der Waals surface area (Å²) >= 11 is 6.32. The fourth-order valence-corrected chi connectivity index (χ4v) is 4.27. The lowest BCUT2D eigenvalue weighted by atomic mass is 10.1. The van der Waals surface area contributed by atoms with E-state index in [0.29, 0.717) is 5.69 Å². The van der Waals surface area contributed by atoms with E-state index in [1.54, 1.807) is 4.90 Å². The van der Waals surface area contributed by atoms with Crippen LogP contribution in [0.5, 0.6) is 0 Å². The van der Waals surface area contributed by atoms with Crippen molar-refractivity contribution in [3.8, 4) is 0 Å². The SMILES string of the molecule is C[C@H](C(=O)N1CC(=O)Nc2ccccc21)[NH+]1CCN(c2ccccc2Cl)CC1. The Morgan fingerprint density at radius 1 is 1.07 bits per heavy atom. The number of hydrogen-bond acceptors (Lipinski definition) is 3. The standard InChI is InChI=1S/C21H23ClN4O2/c1-15(21(28)26-14-20(27)23-17-7-3-5-9-19(17)26)24-10-12-25(13-11-24)18-8-4-2-6-16(18)22/h2-9,15H,10-14H2,1H3,(H,23,27)/p+1/t15-/m1/s1. The second-order valence-electron chi connectivity index (χ2n) is 7.31. The molecule has 4 rings (SSSR count). The van der Waals surface area contributed by atoms with Crippen molar-refractivity contribution in [3.63, 3.8) is 0 Å². The van der Waals surface area contributed by atoms with Gasteiger partial charge < -0.3 is 15.1 Å². The van der Waals surface area contributed by atoms with Crippen molar-refractivity contribution in [2.45, 2.75) is 13.0 Å². The Balaban J connectivity index is 1.44. The molecule has 0 saturated carbocycles. The maximum atomic E-state index is 13.2. The summed E-state index contributed by atoms with van der Waals surface area (Å²) in [5.74, 6) is -0.165. The molecule has 0 aromatic heterocycles. The van der Waals surface area contributed by atoms with Gasteiger partial charge in [0.2, 0.25) is 5.91 Å². The number of rotatable bonds is 3. The molecule has 0 radical (unpaired) electrons. The van der Waals surface area contributed by atoms with E-state index in [1.165, 1.54) is 4.90 Å². The first-order chi connectivity index (χ1) is 13.5. The molecule has 1 fully saturated rings. The second kappa shape index (κ2) is 7.81. The van der Waals surface area contributed by atoms with Crippen molar-refractivity contribution < 1.29 is 14.5 Å². The molecule has 7 heteroatoms. The van der Waals surface area contributed by atoms with Gasteiger partial charge in [-0.2, -0.15) is 0 Å². The molecule has 0 bridgehead atoms. The summed E-state index contributed by atoms with van der Waals surface area (Å²) in [5.41, 5.74) is 2.51. The van der Waals surface area contributed by atoms with Gasteiger partial charge in [-0.3, -0.25) is 14.5 Å². The van der Waals surface area contributed by atoms with Gasteiger partial charge in [-0.15, -0.1) is 0 Å². The number of nitrogens with one attached hydrogen (secondary N) is 2. The molecule has 2 aliphatic heterocycles. The predicted molar refractivity (Wildman–Crippen MR) is 111 cm³/mol. The molecule has 0 aliphatic carbocycles. The van der Waals surface area contributed by atoms with E-state index in [0.717, 1.165) is 42.6 Å². The number of hydrogen-bond donors (Lipinski definition) is 2. The number of carbonyl (C=O) groups is 2. The third-order valence-electron chi connectivity index (χ3n) is 5.62. The van der Waals surface area contributed by atoms with E-state index < -0.39 is 0 Å². The monoisotopic (exact) mass is 399 g/mol. The van der Waals surface area contributed by atoms with Gasteiger partial charge in [0, 0.05) is 0 Å². The summed E-state index contributed by atoms with van der Waals surface area (Å²) in [7, 11) is 0. The smallest absolute Gasteiger partial charge is 0.285 e. The third-order valence-corrected chi connectivity index (χ3v) is 5.94. The van der Waals surface area contributed by atoms with Crippen molar-refractivity contribution in [2.24, 2.45) is 0 Å². The largest absolute Gasteiger partial charge is 0.359 e. The highest BCUT2D eigenvalue weighted by molar-refractivity contribution is 6.33. The zero-order valence-electron chi connectivity index (χ0n) is 15.8. The van der Waals surface area contributed by atoms with E-state index in [-0.39, 0.29) is 24.4 Å². The Bertz CT molecular complexity index is 895. The molecule has 1 atom stereocenters. The van der Waals surface area contributed by atoms with Crippen molar-refractivity contribution in [1.82, 2.24) is 0 Å². The fourth-order valence-electron chi connectivity index (χ4n) is 4.01. The van der Waals surface area contributed by atoms with Gasteiger partial charge in [-0.1, -0.05) is 35.9 Å². The number of para-hydroxylation sites is 3. The van der Waals surface area contributed by atoms with Gasteiger partial charge in [-0.25, -0.2) is 0 Å². The molecule has 2 aromatic carbocycles. The van der Waals surface area contributed by atoms with E-state index >= 15 is 0 Å². The fraction of sp³-hybridized carbons (Fsp3) is 0.333. The van der Waals surface area contributed by atoms with Crippen LogP contribution in [0.15, 0.2) is 48.5 Å². The van der Waals surface area contributed by atoms with Crippen molar-refractivity contribution in [2.75, 3.05) is 47.8 Å². The Hall–Kier alpha value is -2.57. The molecule has 28 heavy (non-hydrogen) atoms. The molecule has 0 unspecified atom stereocenters. The van der Waals surface area contributed by atoms with Crippen LogP contribution in [0.4, 0.5) is 17.1 Å². The molecular formula is C21H24ClN4O2+. The molecule has 2 N–H and O–H groups in total. The van der Waals surface area contributed by atoms with Crippen LogP contribution in [0.25, 0.3) is 0 Å². The highest BCUT2D eigenvalue weighted by atomic mass is 35.5. The minimum absolute atomic E-state index is 0.0107. The summed E-state index contributed by atoms with van der Waals surface area (Å²) in [6.07, 6.45) is 0. The van der Waals surface area contributed by atoms with Crippen LogP contribution in [0.3, 0.4) is 0 Å². The highest BCUT2D eigenvalue weighted by Crippen LogP contribution is 2.29. The number of nitrogens with zero attached hydrogens (tertiary/aromatic N) is 2. The topological polar surface area (TPSA) is 57.1 Å². The van der Waals surface area contributed by atoms with Crippen LogP contribution in [0.1, 0.15) is 6.92 Å². The maximum Gasteiger partial charge on any atom is 0.285 e. The number of anilines is 3. The lowest BCUT2D eigenvalue weighted by molar-refractivity contribution is -0.914. The lowest BCUT2D eigenvalue weighted by Gasteiger charge is -2.38. The third kappa shape index (κ3) is 3.57. The molecule has 2 aliphatic rings. The van der Waals surface area contributed by atoms with Gasteiger partial charge in [0.15, 0.2) is 6.04 Å². The number of fused-ring (bicyclic) bond motifs is 1. The molecule has 2 aromatic rings. The number of halogens is 1. The van der Waals surface area contributed by atoms with Gasteiger partial charge in [0.25, 0.3) is 5.91 Å². The van der Waals surface area contributed by atoms with E-state index in [2.05, 4.69) is 10.2 Å². The highest BCUT2D eigenvalue weighted by Gasteiger charge is 2.36. The van der Waals surface area contributed by atoms with Crippen LogP contribution < -0.4 is 20.0 Å². The Kier molecular flexibility index (Phi) is 5.24. The molecule has 1 saturated heterocycles. The zero-order valence-corrected chi connectivity index (χ0v) is 16.6. The zero-order chi connectivity index (χ0) is 19.7. The maximum absolute atomic E-state index is 13.2. The number of benzene rings is 2. The molecular weight excluding hydrogens is 376 g/mol. The average Bonchev–Trinajstić information content (AvgIpc) is 2.72. The number of amides is 2. The minimum atomic E-state index is -0.215. The van der Waals surface area contributed by atoms with Crippen LogP contribution >= 0.6 is 11.6 Å². The summed E-state index contributed by atoms with van der Waals surface area (Å²) < 4.78 is 0. The summed E-state index contributed by atoms with van der Waals surface area (Å²) in [6.45, 7) is 5.40. The van der Waals surface area contributed by atoms with Gasteiger partial charge in [-0.05, 0) is 31.2 Å². The summed E-state index contributed by atoms with van der Waals surface area (Å²) in [6, 6.07) is 15.1. The summed E-state index contributed by atoms with van der Waals surface area (Å²) in [5, 5.41) is 3.59. The summed E-state index contributed by atoms with van der Waals surface area (Å²) in [4.78, 5) is 30.4. The van der Waals surface area contributed by atoms with Gasteiger partial charge >= 0.3 is 0 Å². The average molecular weight is 400 g/mol. The first-order valence-electron chi connectivity index (χ1n) is 9.59. The Morgan fingerprint density at radius 3 is 2.43 bits per heavy atom. The van der Waals surface area contributed by atoms with Crippen LogP contribution in [0.2, 0.25) is 5.02 Å². The van der Waals surface area contributed by atoms with Crippen LogP contribution in [-0.2, 0) is 9.59 Å².